The number of sulfonamides is 1. The summed E-state index contributed by atoms with van der Waals surface area (Å²) in [4.78, 5) is 3.95. The molecule has 0 fully saturated rings. The monoisotopic (exact) mass is 311 g/mol. The van der Waals surface area contributed by atoms with E-state index in [1.54, 1.807) is 37.4 Å². The molecule has 0 saturated carbocycles. The molecule has 2 N–H and O–H groups in total. The molecule has 1 heterocycles. The summed E-state index contributed by atoms with van der Waals surface area (Å²) in [6.45, 7) is 0.125. The van der Waals surface area contributed by atoms with E-state index in [9.17, 15) is 8.42 Å². The Balaban J connectivity index is 2.22. The Bertz CT molecular complexity index is 704. The molecule has 2 aromatic rings. The maximum absolute atomic E-state index is 12.3. The van der Waals surface area contributed by atoms with Gasteiger partial charge in [0.15, 0.2) is 0 Å². The van der Waals surface area contributed by atoms with Crippen LogP contribution in [0.2, 0.25) is 5.02 Å². The second-order valence-corrected chi connectivity index (χ2v) is 6.18. The Kier molecular flexibility index (Phi) is 4.59. The van der Waals surface area contributed by atoms with Gasteiger partial charge in [-0.1, -0.05) is 29.8 Å². The minimum absolute atomic E-state index is 0.106. The van der Waals surface area contributed by atoms with E-state index < -0.39 is 10.0 Å². The summed E-state index contributed by atoms with van der Waals surface area (Å²) in [5.74, 6) is 0. The van der Waals surface area contributed by atoms with Crippen molar-refractivity contribution in [3.63, 3.8) is 0 Å². The molecule has 5 nitrogen and oxygen atoms in total. The van der Waals surface area contributed by atoms with E-state index in [-0.39, 0.29) is 11.4 Å². The fourth-order valence-electron chi connectivity index (χ4n) is 1.69. The van der Waals surface area contributed by atoms with Gasteiger partial charge in [-0.25, -0.2) is 13.1 Å². The normalized spacial score (nSPS) is 11.3. The topological polar surface area (TPSA) is 71.1 Å². The van der Waals surface area contributed by atoms with Crippen molar-refractivity contribution in [1.29, 1.82) is 0 Å². The lowest BCUT2D eigenvalue weighted by Crippen LogP contribution is -2.24. The number of rotatable bonds is 5. The van der Waals surface area contributed by atoms with E-state index in [0.717, 1.165) is 0 Å². The third-order valence-corrected chi connectivity index (χ3v) is 4.55. The fourth-order valence-corrected chi connectivity index (χ4v) is 3.06. The molecule has 0 amide bonds. The molecule has 0 atom stereocenters. The Morgan fingerprint density at radius 1 is 1.25 bits per heavy atom. The summed E-state index contributed by atoms with van der Waals surface area (Å²) < 4.78 is 27.0. The molecule has 2 rings (SSSR count). The Morgan fingerprint density at radius 3 is 2.70 bits per heavy atom. The molecule has 0 unspecified atom stereocenters. The van der Waals surface area contributed by atoms with Crippen LogP contribution in [-0.2, 0) is 16.6 Å². The molecule has 106 valence electrons. The molecule has 0 saturated heterocycles. The highest BCUT2D eigenvalue weighted by Crippen LogP contribution is 2.20. The molecule has 7 heteroatoms. The summed E-state index contributed by atoms with van der Waals surface area (Å²) in [5, 5.41) is 3.35. The van der Waals surface area contributed by atoms with Gasteiger partial charge in [0, 0.05) is 31.0 Å². The smallest absolute Gasteiger partial charge is 0.244 e. The van der Waals surface area contributed by atoms with Gasteiger partial charge in [0.05, 0.1) is 5.69 Å². The largest absolute Gasteiger partial charge is 0.387 e. The molecule has 0 aliphatic rings. The van der Waals surface area contributed by atoms with Crippen molar-refractivity contribution in [3.8, 4) is 0 Å². The van der Waals surface area contributed by atoms with Gasteiger partial charge in [-0.15, -0.1) is 0 Å². The zero-order valence-corrected chi connectivity index (χ0v) is 12.4. The number of anilines is 1. The van der Waals surface area contributed by atoms with Crippen LogP contribution in [0.3, 0.4) is 0 Å². The Labute approximate surface area is 123 Å². The summed E-state index contributed by atoms with van der Waals surface area (Å²) in [6.07, 6.45) is 2.83. The van der Waals surface area contributed by atoms with Crippen molar-refractivity contribution in [3.05, 3.63) is 53.3 Å². The molecule has 0 radical (unpaired) electrons. The van der Waals surface area contributed by atoms with Gasteiger partial charge in [-0.3, -0.25) is 4.98 Å². The van der Waals surface area contributed by atoms with Gasteiger partial charge in [0.2, 0.25) is 10.0 Å². The maximum atomic E-state index is 12.3. The molecule has 0 aliphatic heterocycles. The van der Waals surface area contributed by atoms with E-state index in [0.29, 0.717) is 16.3 Å². The van der Waals surface area contributed by atoms with Crippen molar-refractivity contribution in [2.45, 2.75) is 11.4 Å². The second kappa shape index (κ2) is 6.21. The zero-order chi connectivity index (χ0) is 14.6. The van der Waals surface area contributed by atoms with Crippen LogP contribution in [0.1, 0.15) is 5.56 Å². The number of aromatic nitrogens is 1. The quantitative estimate of drug-likeness (QED) is 0.888. The maximum Gasteiger partial charge on any atom is 0.244 e. The number of hydrogen-bond acceptors (Lipinski definition) is 4. The predicted octanol–water partition coefficient (Wildman–Crippen LogP) is 2.26. The van der Waals surface area contributed by atoms with Gasteiger partial charge < -0.3 is 5.32 Å². The first-order valence-corrected chi connectivity index (χ1v) is 7.75. The molecule has 0 bridgehead atoms. The van der Waals surface area contributed by atoms with Gasteiger partial charge in [-0.2, -0.15) is 0 Å². The van der Waals surface area contributed by atoms with E-state index in [1.165, 1.54) is 12.4 Å². The van der Waals surface area contributed by atoms with Crippen LogP contribution in [0.4, 0.5) is 5.69 Å². The lowest BCUT2D eigenvalue weighted by atomic mass is 10.2. The molecule has 20 heavy (non-hydrogen) atoms. The Hall–Kier alpha value is -1.63. The Morgan fingerprint density at radius 2 is 2.00 bits per heavy atom. The summed E-state index contributed by atoms with van der Waals surface area (Å²) in [5.41, 5.74) is 1.21. The fraction of sp³-hybridized carbons (Fsp3) is 0.154. The van der Waals surface area contributed by atoms with Crippen molar-refractivity contribution < 1.29 is 8.42 Å². The zero-order valence-electron chi connectivity index (χ0n) is 10.8. The van der Waals surface area contributed by atoms with Crippen LogP contribution in [-0.4, -0.2) is 20.4 Å². The molecule has 1 aromatic heterocycles. The van der Waals surface area contributed by atoms with Crippen LogP contribution in [0.15, 0.2) is 47.6 Å². The second-order valence-electron chi connectivity index (χ2n) is 4.04. The average molecular weight is 312 g/mol. The van der Waals surface area contributed by atoms with Crippen LogP contribution in [0.5, 0.6) is 0 Å². The highest BCUT2D eigenvalue weighted by molar-refractivity contribution is 7.89. The van der Waals surface area contributed by atoms with E-state index in [1.807, 2.05) is 0 Å². The standard InChI is InChI=1S/C13H14ClN3O2S/c1-15-12-6-7-16-9-13(12)20(18,19)17-8-10-4-2-3-5-11(10)14/h2-7,9,17H,8H2,1H3,(H,15,16). The highest BCUT2D eigenvalue weighted by atomic mass is 35.5. The lowest BCUT2D eigenvalue weighted by Gasteiger charge is -2.11. The van der Waals surface area contributed by atoms with E-state index in [2.05, 4.69) is 15.0 Å². The van der Waals surface area contributed by atoms with Crippen molar-refractivity contribution in [2.75, 3.05) is 12.4 Å². The third kappa shape index (κ3) is 3.27. The van der Waals surface area contributed by atoms with Crippen LogP contribution < -0.4 is 10.0 Å². The molecule has 0 aliphatic carbocycles. The number of nitrogens with one attached hydrogen (secondary N) is 2. The van der Waals surface area contributed by atoms with Crippen LogP contribution in [0.25, 0.3) is 0 Å². The number of halogens is 1. The minimum atomic E-state index is -3.65. The predicted molar refractivity (Wildman–Crippen MR) is 79.3 cm³/mol. The number of benzene rings is 1. The van der Waals surface area contributed by atoms with Gasteiger partial charge in [0.1, 0.15) is 4.90 Å². The number of hydrogen-bond donors (Lipinski definition) is 2. The van der Waals surface area contributed by atoms with E-state index >= 15 is 0 Å². The van der Waals surface area contributed by atoms with Crippen LogP contribution in [0, 0.1) is 0 Å². The van der Waals surface area contributed by atoms with E-state index in [4.69, 9.17) is 11.6 Å². The van der Waals surface area contributed by atoms with Crippen molar-refractivity contribution >= 4 is 27.3 Å². The first-order valence-electron chi connectivity index (χ1n) is 5.89. The minimum Gasteiger partial charge on any atom is -0.387 e. The first-order chi connectivity index (χ1) is 9.54. The van der Waals surface area contributed by atoms with Crippen LogP contribution >= 0.6 is 11.6 Å². The summed E-state index contributed by atoms with van der Waals surface area (Å²) in [6, 6.07) is 8.69. The van der Waals surface area contributed by atoms with Gasteiger partial charge >= 0.3 is 0 Å². The van der Waals surface area contributed by atoms with Crippen molar-refractivity contribution in [2.24, 2.45) is 0 Å². The lowest BCUT2D eigenvalue weighted by molar-refractivity contribution is 0.581. The van der Waals surface area contributed by atoms with Crippen molar-refractivity contribution in [1.82, 2.24) is 9.71 Å². The SMILES string of the molecule is CNc1ccncc1S(=O)(=O)NCc1ccccc1Cl. The molecule has 0 spiro atoms. The summed E-state index contributed by atoms with van der Waals surface area (Å²) in [7, 11) is -2.00. The molecule has 1 aromatic carbocycles. The summed E-state index contributed by atoms with van der Waals surface area (Å²) >= 11 is 6.00. The third-order valence-electron chi connectivity index (χ3n) is 2.75. The average Bonchev–Trinajstić information content (AvgIpc) is 2.46. The molecular weight excluding hydrogens is 298 g/mol. The number of nitrogens with zero attached hydrogens (tertiary/aromatic N) is 1. The first kappa shape index (κ1) is 14.8. The van der Waals surface area contributed by atoms with Gasteiger partial charge in [-0.05, 0) is 17.7 Å². The molecular formula is C13H14ClN3O2S. The van der Waals surface area contributed by atoms with Gasteiger partial charge in [0.25, 0.3) is 0 Å². The number of pyridine rings is 1. The highest BCUT2D eigenvalue weighted by Gasteiger charge is 2.18.